The Bertz CT molecular complexity index is 462. The number of hydrogen-bond donors (Lipinski definition) is 1. The molecule has 0 bridgehead atoms. The van der Waals surface area contributed by atoms with Crippen molar-refractivity contribution >= 4 is 5.70 Å². The van der Waals surface area contributed by atoms with Gasteiger partial charge in [-0.05, 0) is 31.4 Å². The van der Waals surface area contributed by atoms with Crippen LogP contribution in [0.1, 0.15) is 48.8 Å². The molecule has 1 aliphatic rings. The van der Waals surface area contributed by atoms with Crippen LogP contribution in [0.2, 0.25) is 0 Å². The van der Waals surface area contributed by atoms with Crippen LogP contribution < -0.4 is 5.32 Å². The molecule has 1 N–H and O–H groups in total. The van der Waals surface area contributed by atoms with Gasteiger partial charge >= 0.3 is 0 Å². The maximum atomic E-state index is 12.7. The summed E-state index contributed by atoms with van der Waals surface area (Å²) in [5.74, 6) is 0. The second-order valence-corrected chi connectivity index (χ2v) is 5.71. The molecule has 2 rings (SSSR count). The largest absolute Gasteiger partial charge is 0.382 e. The van der Waals surface area contributed by atoms with Crippen molar-refractivity contribution in [2.45, 2.75) is 57.9 Å². The normalized spacial score (nSPS) is 16.4. The zero-order chi connectivity index (χ0) is 14.5. The van der Waals surface area contributed by atoms with Crippen molar-refractivity contribution in [1.29, 1.82) is 0 Å². The minimum atomic E-state index is -2.32. The Labute approximate surface area is 120 Å². The van der Waals surface area contributed by atoms with E-state index in [-0.39, 0.29) is 6.42 Å². The maximum absolute atomic E-state index is 12.7. The Balaban J connectivity index is 2.12. The Hall–Kier alpha value is -1.38. The van der Waals surface area contributed by atoms with Crippen LogP contribution >= 0.6 is 0 Å². The van der Waals surface area contributed by atoms with Crippen LogP contribution in [0.3, 0.4) is 0 Å². The van der Waals surface area contributed by atoms with E-state index in [9.17, 15) is 8.78 Å². The number of alkyl halides is 2. The molecule has 20 heavy (non-hydrogen) atoms. The lowest BCUT2D eigenvalue weighted by molar-refractivity contribution is 0.149. The highest BCUT2D eigenvalue weighted by atomic mass is 19.3. The summed E-state index contributed by atoms with van der Waals surface area (Å²) in [5, 5.41) is 3.44. The molecule has 0 radical (unpaired) electrons. The smallest absolute Gasteiger partial charge is 0.242 e. The highest BCUT2D eigenvalue weighted by molar-refractivity contribution is 5.66. The lowest BCUT2D eigenvalue weighted by atomic mass is 9.94. The van der Waals surface area contributed by atoms with E-state index in [4.69, 9.17) is 0 Å². The second kappa shape index (κ2) is 6.87. The van der Waals surface area contributed by atoms with Gasteiger partial charge in [0.25, 0.3) is 0 Å². The first-order valence-electron chi connectivity index (χ1n) is 7.39. The van der Waals surface area contributed by atoms with E-state index < -0.39 is 6.43 Å². The highest BCUT2D eigenvalue weighted by Gasteiger charge is 2.16. The minimum Gasteiger partial charge on any atom is -0.382 e. The monoisotopic (exact) mass is 279 g/mol. The molecule has 0 atom stereocenters. The fourth-order valence-corrected chi connectivity index (χ4v) is 2.89. The molecule has 0 aromatic heterocycles. The van der Waals surface area contributed by atoms with Gasteiger partial charge in [-0.2, -0.15) is 0 Å². The molecule has 0 saturated heterocycles. The van der Waals surface area contributed by atoms with Crippen molar-refractivity contribution in [3.05, 3.63) is 41.5 Å². The Morgan fingerprint density at radius 3 is 2.65 bits per heavy atom. The number of rotatable bonds is 5. The maximum Gasteiger partial charge on any atom is 0.242 e. The lowest BCUT2D eigenvalue weighted by Crippen LogP contribution is -2.29. The first-order valence-corrected chi connectivity index (χ1v) is 7.39. The summed E-state index contributed by atoms with van der Waals surface area (Å²) in [7, 11) is 0. The van der Waals surface area contributed by atoms with Crippen LogP contribution in [0, 0.1) is 6.92 Å². The van der Waals surface area contributed by atoms with Gasteiger partial charge in [0.05, 0.1) is 0 Å². The average Bonchev–Trinajstić information content (AvgIpc) is 2.41. The molecule has 110 valence electrons. The first kappa shape index (κ1) is 15.0. The van der Waals surface area contributed by atoms with Crippen molar-refractivity contribution in [2.24, 2.45) is 0 Å². The third-order valence-electron chi connectivity index (χ3n) is 3.95. The predicted molar refractivity (Wildman–Crippen MR) is 79.9 cm³/mol. The number of benzene rings is 1. The summed E-state index contributed by atoms with van der Waals surface area (Å²) in [5.41, 5.74) is 3.38. The van der Waals surface area contributed by atoms with E-state index in [1.807, 2.05) is 19.1 Å². The van der Waals surface area contributed by atoms with Crippen LogP contribution in [-0.4, -0.2) is 12.5 Å². The van der Waals surface area contributed by atoms with Gasteiger partial charge in [-0.3, -0.25) is 0 Å². The molecule has 1 aromatic carbocycles. The molecule has 1 nitrogen and oxygen atoms in total. The molecule has 1 saturated carbocycles. The number of aryl methyl sites for hydroxylation is 1. The number of halogens is 2. The van der Waals surface area contributed by atoms with Crippen molar-refractivity contribution < 1.29 is 8.78 Å². The van der Waals surface area contributed by atoms with Crippen molar-refractivity contribution in [3.63, 3.8) is 0 Å². The molecule has 1 aromatic rings. The molecular formula is C17H23F2N. The fourth-order valence-electron chi connectivity index (χ4n) is 2.89. The summed E-state index contributed by atoms with van der Waals surface area (Å²) in [4.78, 5) is 0. The zero-order valence-corrected chi connectivity index (χ0v) is 12.1. The van der Waals surface area contributed by atoms with E-state index in [0.29, 0.717) is 11.6 Å². The average molecular weight is 279 g/mol. The lowest BCUT2D eigenvalue weighted by Gasteiger charge is -2.26. The van der Waals surface area contributed by atoms with Crippen molar-refractivity contribution in [2.75, 3.05) is 0 Å². The highest BCUT2D eigenvalue weighted by Crippen LogP contribution is 2.24. The van der Waals surface area contributed by atoms with Gasteiger partial charge in [-0.15, -0.1) is 0 Å². The number of hydrogen-bond acceptors (Lipinski definition) is 1. The Morgan fingerprint density at radius 2 is 2.00 bits per heavy atom. The van der Waals surface area contributed by atoms with E-state index >= 15 is 0 Å². The van der Waals surface area contributed by atoms with Gasteiger partial charge in [0.1, 0.15) is 0 Å². The van der Waals surface area contributed by atoms with Crippen LogP contribution in [0.4, 0.5) is 8.78 Å². The molecule has 0 heterocycles. The molecule has 1 fully saturated rings. The Morgan fingerprint density at radius 1 is 1.30 bits per heavy atom. The molecule has 0 spiro atoms. The number of nitrogens with one attached hydrogen (secondary N) is 1. The van der Waals surface area contributed by atoms with Crippen LogP contribution in [0.5, 0.6) is 0 Å². The van der Waals surface area contributed by atoms with E-state index in [2.05, 4.69) is 11.9 Å². The molecule has 3 heteroatoms. The van der Waals surface area contributed by atoms with Gasteiger partial charge in [0.15, 0.2) is 0 Å². The van der Waals surface area contributed by atoms with Gasteiger partial charge in [0, 0.05) is 23.7 Å². The van der Waals surface area contributed by atoms with Gasteiger partial charge in [-0.1, -0.05) is 43.5 Å². The fraction of sp³-hybridized carbons (Fsp3) is 0.529. The van der Waals surface area contributed by atoms with Crippen molar-refractivity contribution in [3.8, 4) is 0 Å². The minimum absolute atomic E-state index is 0.207. The summed E-state index contributed by atoms with van der Waals surface area (Å²) in [6.07, 6.45) is 3.54. The van der Waals surface area contributed by atoms with Gasteiger partial charge in [-0.25, -0.2) is 8.78 Å². The summed E-state index contributed by atoms with van der Waals surface area (Å²) in [6.45, 7) is 6.05. The summed E-state index contributed by atoms with van der Waals surface area (Å²) < 4.78 is 25.3. The summed E-state index contributed by atoms with van der Waals surface area (Å²) in [6, 6.07) is 6.08. The Kier molecular flexibility index (Phi) is 5.16. The third kappa shape index (κ3) is 4.06. The van der Waals surface area contributed by atoms with Crippen LogP contribution in [-0.2, 0) is 6.42 Å². The molecular weight excluding hydrogens is 256 g/mol. The van der Waals surface area contributed by atoms with Crippen molar-refractivity contribution in [1.82, 2.24) is 5.32 Å². The SMILES string of the molecule is C=C(NC1CCCCC1)c1cc(C)ccc1CC(F)F. The van der Waals surface area contributed by atoms with E-state index in [1.165, 1.54) is 19.3 Å². The molecule has 0 aliphatic heterocycles. The third-order valence-corrected chi connectivity index (χ3v) is 3.95. The van der Waals surface area contributed by atoms with E-state index in [0.717, 1.165) is 29.7 Å². The van der Waals surface area contributed by atoms with Crippen LogP contribution in [0.25, 0.3) is 5.70 Å². The van der Waals surface area contributed by atoms with Gasteiger partial charge in [0.2, 0.25) is 6.43 Å². The van der Waals surface area contributed by atoms with E-state index in [1.54, 1.807) is 6.07 Å². The predicted octanol–water partition coefficient (Wildman–Crippen LogP) is 4.70. The zero-order valence-electron chi connectivity index (χ0n) is 12.1. The topological polar surface area (TPSA) is 12.0 Å². The molecule has 0 unspecified atom stereocenters. The first-order chi connectivity index (χ1) is 9.56. The van der Waals surface area contributed by atoms with Crippen LogP contribution in [0.15, 0.2) is 24.8 Å². The summed E-state index contributed by atoms with van der Waals surface area (Å²) >= 11 is 0. The second-order valence-electron chi connectivity index (χ2n) is 5.71. The molecule has 0 amide bonds. The quantitative estimate of drug-likeness (QED) is 0.824. The van der Waals surface area contributed by atoms with Gasteiger partial charge < -0.3 is 5.32 Å². The standard InChI is InChI=1S/C17H23F2N/c1-12-8-9-14(11-17(18)19)16(10-12)13(2)20-15-6-4-3-5-7-15/h8-10,15,17,20H,2-7,11H2,1H3. The molecule has 1 aliphatic carbocycles.